The maximum atomic E-state index is 5.27. The van der Waals surface area contributed by atoms with Gasteiger partial charge in [-0.15, -0.1) is 0 Å². The second kappa shape index (κ2) is 5.76. The molecule has 2 heterocycles. The molecule has 3 heteroatoms. The number of hydrogen-bond acceptors (Lipinski definition) is 3. The molecule has 0 saturated heterocycles. The van der Waals surface area contributed by atoms with E-state index in [9.17, 15) is 0 Å². The highest BCUT2D eigenvalue weighted by Crippen LogP contribution is 2.38. The molecule has 1 unspecified atom stereocenters. The number of fused-ring (bicyclic) bond motifs is 1. The first-order valence-electron chi connectivity index (χ1n) is 7.59. The number of ether oxygens (including phenoxy) is 1. The minimum Gasteiger partial charge on any atom is -0.497 e. The van der Waals surface area contributed by atoms with Gasteiger partial charge in [-0.3, -0.25) is 4.98 Å². The molecule has 0 N–H and O–H groups in total. The SMILES string of the molecule is CCC1c2ccncc2C[C@H](C)N1c1ccc(OC)cc1. The fourth-order valence-electron chi connectivity index (χ4n) is 3.41. The average molecular weight is 282 g/mol. The number of methoxy groups -OCH3 is 1. The van der Waals surface area contributed by atoms with E-state index in [0.29, 0.717) is 12.1 Å². The van der Waals surface area contributed by atoms with Crippen LogP contribution in [0.15, 0.2) is 42.7 Å². The van der Waals surface area contributed by atoms with E-state index >= 15 is 0 Å². The van der Waals surface area contributed by atoms with E-state index in [1.165, 1.54) is 16.8 Å². The van der Waals surface area contributed by atoms with Crippen LogP contribution in [-0.2, 0) is 6.42 Å². The number of aromatic nitrogens is 1. The Balaban J connectivity index is 2.00. The number of hydrogen-bond donors (Lipinski definition) is 0. The van der Waals surface area contributed by atoms with Gasteiger partial charge in [0.15, 0.2) is 0 Å². The van der Waals surface area contributed by atoms with Crippen molar-refractivity contribution < 1.29 is 4.74 Å². The van der Waals surface area contributed by atoms with Crippen LogP contribution in [0.5, 0.6) is 5.75 Å². The van der Waals surface area contributed by atoms with Crippen LogP contribution < -0.4 is 9.64 Å². The molecule has 1 aromatic heterocycles. The van der Waals surface area contributed by atoms with Crippen molar-refractivity contribution in [3.63, 3.8) is 0 Å². The molecular formula is C18H22N2O. The molecule has 2 aromatic rings. The van der Waals surface area contributed by atoms with Crippen molar-refractivity contribution >= 4 is 5.69 Å². The van der Waals surface area contributed by atoms with E-state index in [4.69, 9.17) is 4.74 Å². The zero-order chi connectivity index (χ0) is 14.8. The van der Waals surface area contributed by atoms with E-state index in [1.54, 1.807) is 7.11 Å². The lowest BCUT2D eigenvalue weighted by Gasteiger charge is -2.43. The minimum absolute atomic E-state index is 0.417. The zero-order valence-electron chi connectivity index (χ0n) is 12.9. The van der Waals surface area contributed by atoms with Gasteiger partial charge in [-0.1, -0.05) is 6.92 Å². The van der Waals surface area contributed by atoms with Gasteiger partial charge in [0.1, 0.15) is 5.75 Å². The van der Waals surface area contributed by atoms with Crippen molar-refractivity contribution in [1.29, 1.82) is 0 Å². The monoisotopic (exact) mass is 282 g/mol. The molecule has 3 nitrogen and oxygen atoms in total. The van der Waals surface area contributed by atoms with Crippen LogP contribution in [0.4, 0.5) is 5.69 Å². The van der Waals surface area contributed by atoms with Gasteiger partial charge >= 0.3 is 0 Å². The highest BCUT2D eigenvalue weighted by Gasteiger charge is 2.31. The number of nitrogens with zero attached hydrogens (tertiary/aromatic N) is 2. The standard InChI is InChI=1S/C18H22N2O/c1-4-18-17-9-10-19-12-14(17)11-13(2)20(18)15-5-7-16(21-3)8-6-15/h5-10,12-13,18H,4,11H2,1-3H3/t13-,18?/m0/s1. The molecule has 0 amide bonds. The molecule has 0 spiro atoms. The van der Waals surface area contributed by atoms with Gasteiger partial charge in [0.25, 0.3) is 0 Å². The van der Waals surface area contributed by atoms with Gasteiger partial charge in [-0.05, 0) is 61.2 Å². The smallest absolute Gasteiger partial charge is 0.119 e. The number of anilines is 1. The summed E-state index contributed by atoms with van der Waals surface area (Å²) in [6.07, 6.45) is 6.07. The first-order valence-corrected chi connectivity index (χ1v) is 7.59. The first kappa shape index (κ1) is 13.9. The molecule has 1 aliphatic rings. The maximum Gasteiger partial charge on any atom is 0.119 e. The largest absolute Gasteiger partial charge is 0.497 e. The lowest BCUT2D eigenvalue weighted by molar-refractivity contribution is 0.414. The minimum atomic E-state index is 0.417. The Morgan fingerprint density at radius 3 is 2.67 bits per heavy atom. The van der Waals surface area contributed by atoms with E-state index in [2.05, 4.69) is 41.9 Å². The van der Waals surface area contributed by atoms with Gasteiger partial charge in [-0.2, -0.15) is 0 Å². The Bertz CT molecular complexity index is 609. The Morgan fingerprint density at radius 2 is 2.00 bits per heavy atom. The fraction of sp³-hybridized carbons (Fsp3) is 0.389. The van der Waals surface area contributed by atoms with Crippen LogP contribution in [0.3, 0.4) is 0 Å². The summed E-state index contributed by atoms with van der Waals surface area (Å²) in [5.74, 6) is 0.904. The molecule has 1 aliphatic heterocycles. The molecule has 0 aliphatic carbocycles. The van der Waals surface area contributed by atoms with Crippen LogP contribution in [0.2, 0.25) is 0 Å². The third-order valence-corrected chi connectivity index (χ3v) is 4.38. The van der Waals surface area contributed by atoms with E-state index in [-0.39, 0.29) is 0 Å². The fourth-order valence-corrected chi connectivity index (χ4v) is 3.41. The highest BCUT2D eigenvalue weighted by atomic mass is 16.5. The Morgan fingerprint density at radius 1 is 1.24 bits per heavy atom. The molecule has 0 fully saturated rings. The predicted octanol–water partition coefficient (Wildman–Crippen LogP) is 3.99. The van der Waals surface area contributed by atoms with Crippen molar-refractivity contribution in [1.82, 2.24) is 4.98 Å². The normalized spacial score (nSPS) is 21.0. The van der Waals surface area contributed by atoms with E-state index in [0.717, 1.165) is 18.6 Å². The van der Waals surface area contributed by atoms with Crippen LogP contribution in [0, 0.1) is 0 Å². The number of benzene rings is 1. The third-order valence-electron chi connectivity index (χ3n) is 4.38. The summed E-state index contributed by atoms with van der Waals surface area (Å²) in [4.78, 5) is 6.82. The molecule has 2 atom stereocenters. The lowest BCUT2D eigenvalue weighted by Crippen LogP contribution is -2.42. The van der Waals surface area contributed by atoms with Crippen LogP contribution in [0.25, 0.3) is 0 Å². The second-order valence-corrected chi connectivity index (χ2v) is 5.66. The van der Waals surface area contributed by atoms with Crippen LogP contribution >= 0.6 is 0 Å². The van der Waals surface area contributed by atoms with Gasteiger partial charge < -0.3 is 9.64 Å². The summed E-state index contributed by atoms with van der Waals surface area (Å²) in [7, 11) is 1.70. The summed E-state index contributed by atoms with van der Waals surface area (Å²) < 4.78 is 5.27. The Hall–Kier alpha value is -2.03. The molecule has 21 heavy (non-hydrogen) atoms. The molecule has 1 aromatic carbocycles. The van der Waals surface area contributed by atoms with E-state index < -0.39 is 0 Å². The second-order valence-electron chi connectivity index (χ2n) is 5.66. The topological polar surface area (TPSA) is 25.4 Å². The molecule has 0 radical (unpaired) electrons. The van der Waals surface area contributed by atoms with Crippen molar-refractivity contribution in [2.45, 2.75) is 38.8 Å². The van der Waals surface area contributed by atoms with Gasteiger partial charge in [0, 0.05) is 24.1 Å². The van der Waals surface area contributed by atoms with Crippen LogP contribution in [-0.4, -0.2) is 18.1 Å². The summed E-state index contributed by atoms with van der Waals surface area (Å²) in [5.41, 5.74) is 4.07. The van der Waals surface area contributed by atoms with Crippen molar-refractivity contribution in [3.8, 4) is 5.75 Å². The number of pyridine rings is 1. The molecule has 0 bridgehead atoms. The summed E-state index contributed by atoms with van der Waals surface area (Å²) in [6.45, 7) is 4.55. The zero-order valence-corrected chi connectivity index (χ0v) is 12.9. The molecule has 3 rings (SSSR count). The summed E-state index contributed by atoms with van der Waals surface area (Å²) >= 11 is 0. The van der Waals surface area contributed by atoms with E-state index in [1.807, 2.05) is 24.5 Å². The molecule has 110 valence electrons. The van der Waals surface area contributed by atoms with Crippen molar-refractivity contribution in [2.24, 2.45) is 0 Å². The molecule has 0 saturated carbocycles. The third kappa shape index (κ3) is 2.48. The predicted molar refractivity (Wildman–Crippen MR) is 85.9 cm³/mol. The van der Waals surface area contributed by atoms with Gasteiger partial charge in [0.2, 0.25) is 0 Å². The quantitative estimate of drug-likeness (QED) is 0.851. The Kier molecular flexibility index (Phi) is 3.82. The van der Waals surface area contributed by atoms with Crippen molar-refractivity contribution in [3.05, 3.63) is 53.9 Å². The van der Waals surface area contributed by atoms with Crippen molar-refractivity contribution in [2.75, 3.05) is 12.0 Å². The van der Waals surface area contributed by atoms with Gasteiger partial charge in [-0.25, -0.2) is 0 Å². The Labute approximate surface area is 126 Å². The van der Waals surface area contributed by atoms with Crippen LogP contribution in [0.1, 0.15) is 37.4 Å². The number of rotatable bonds is 3. The molecular weight excluding hydrogens is 260 g/mol. The first-order chi connectivity index (χ1) is 10.2. The average Bonchev–Trinajstić information content (AvgIpc) is 2.53. The maximum absolute atomic E-state index is 5.27. The summed E-state index contributed by atoms with van der Waals surface area (Å²) in [6, 6.07) is 11.5. The lowest BCUT2D eigenvalue weighted by atomic mass is 9.88. The van der Waals surface area contributed by atoms with Gasteiger partial charge in [0.05, 0.1) is 13.2 Å². The highest BCUT2D eigenvalue weighted by molar-refractivity contribution is 5.54. The summed E-state index contributed by atoms with van der Waals surface area (Å²) in [5, 5.41) is 0.